The summed E-state index contributed by atoms with van der Waals surface area (Å²) in [5.74, 6) is -0.316. The first-order chi connectivity index (χ1) is 9.52. The van der Waals surface area contributed by atoms with E-state index in [2.05, 4.69) is 5.32 Å². The summed E-state index contributed by atoms with van der Waals surface area (Å²) in [6, 6.07) is 8.18. The zero-order valence-electron chi connectivity index (χ0n) is 11.3. The molecule has 1 saturated heterocycles. The van der Waals surface area contributed by atoms with Crippen molar-refractivity contribution in [3.63, 3.8) is 0 Å². The first-order valence-corrected chi connectivity index (χ1v) is 6.16. The third-order valence-electron chi connectivity index (χ3n) is 3.39. The van der Waals surface area contributed by atoms with Gasteiger partial charge in [0, 0.05) is 7.11 Å². The molecule has 6 nitrogen and oxygen atoms in total. The van der Waals surface area contributed by atoms with Crippen LogP contribution in [-0.2, 0) is 15.1 Å². The van der Waals surface area contributed by atoms with E-state index in [9.17, 15) is 9.59 Å². The van der Waals surface area contributed by atoms with Crippen LogP contribution in [0.1, 0.15) is 18.1 Å². The summed E-state index contributed by atoms with van der Waals surface area (Å²) in [6.07, 6.45) is 0. The summed E-state index contributed by atoms with van der Waals surface area (Å²) < 4.78 is 4.89. The molecule has 0 saturated carbocycles. The maximum absolute atomic E-state index is 12.4. The van der Waals surface area contributed by atoms with Crippen LogP contribution in [0.3, 0.4) is 0 Å². The van der Waals surface area contributed by atoms with Crippen molar-refractivity contribution in [2.75, 3.05) is 20.3 Å². The highest BCUT2D eigenvalue weighted by Crippen LogP contribution is 2.28. The van der Waals surface area contributed by atoms with Gasteiger partial charge in [-0.05, 0) is 24.6 Å². The van der Waals surface area contributed by atoms with Crippen LogP contribution >= 0.6 is 0 Å². The number of rotatable bonds is 4. The molecule has 0 bridgehead atoms. The number of hydrogen-bond donors (Lipinski definition) is 1. The topological polar surface area (TPSA) is 82.4 Å². The lowest BCUT2D eigenvalue weighted by atomic mass is 9.91. The van der Waals surface area contributed by atoms with Crippen molar-refractivity contribution in [1.82, 2.24) is 10.2 Å². The normalized spacial score (nSPS) is 21.8. The predicted molar refractivity (Wildman–Crippen MR) is 70.6 cm³/mol. The number of benzene rings is 1. The molecule has 1 atom stereocenters. The van der Waals surface area contributed by atoms with Crippen LogP contribution in [0, 0.1) is 11.3 Å². The number of nitriles is 1. The van der Waals surface area contributed by atoms with E-state index in [4.69, 9.17) is 10.00 Å². The zero-order valence-corrected chi connectivity index (χ0v) is 11.3. The maximum Gasteiger partial charge on any atom is 0.325 e. The third-order valence-corrected chi connectivity index (χ3v) is 3.39. The van der Waals surface area contributed by atoms with Gasteiger partial charge >= 0.3 is 6.03 Å². The molecule has 0 aromatic heterocycles. The van der Waals surface area contributed by atoms with Gasteiger partial charge in [0.25, 0.3) is 5.91 Å². The van der Waals surface area contributed by atoms with Gasteiger partial charge in [-0.2, -0.15) is 5.26 Å². The van der Waals surface area contributed by atoms with Gasteiger partial charge < -0.3 is 10.1 Å². The molecule has 1 unspecified atom stereocenters. The van der Waals surface area contributed by atoms with Gasteiger partial charge in [0.05, 0.1) is 24.8 Å². The highest BCUT2D eigenvalue weighted by atomic mass is 16.5. The Balaban J connectivity index is 2.28. The number of imide groups is 1. The Kier molecular flexibility index (Phi) is 3.72. The minimum atomic E-state index is -1.10. The SMILES string of the molecule is COCCN1C(=O)NC(C)(c2ccc(C#N)cc2)C1=O. The van der Waals surface area contributed by atoms with E-state index in [0.717, 1.165) is 4.90 Å². The molecule has 20 heavy (non-hydrogen) atoms. The van der Waals surface area contributed by atoms with Gasteiger partial charge in [-0.1, -0.05) is 12.1 Å². The quantitative estimate of drug-likeness (QED) is 0.829. The van der Waals surface area contributed by atoms with Crippen molar-refractivity contribution < 1.29 is 14.3 Å². The Labute approximate surface area is 116 Å². The number of ether oxygens (including phenoxy) is 1. The molecule has 104 valence electrons. The van der Waals surface area contributed by atoms with Gasteiger partial charge in [-0.15, -0.1) is 0 Å². The van der Waals surface area contributed by atoms with E-state index < -0.39 is 11.6 Å². The van der Waals surface area contributed by atoms with Crippen LogP contribution < -0.4 is 5.32 Å². The molecule has 3 amide bonds. The minimum absolute atomic E-state index is 0.215. The Morgan fingerprint density at radius 3 is 2.55 bits per heavy atom. The monoisotopic (exact) mass is 273 g/mol. The Hall–Kier alpha value is -2.39. The fourth-order valence-electron chi connectivity index (χ4n) is 2.16. The molecule has 1 aliphatic rings. The second kappa shape index (κ2) is 5.31. The lowest BCUT2D eigenvalue weighted by Gasteiger charge is -2.22. The van der Waals surface area contributed by atoms with Gasteiger partial charge in [-0.3, -0.25) is 9.69 Å². The van der Waals surface area contributed by atoms with E-state index in [1.54, 1.807) is 31.2 Å². The van der Waals surface area contributed by atoms with Gasteiger partial charge in [0.15, 0.2) is 0 Å². The van der Waals surface area contributed by atoms with Gasteiger partial charge in [0.1, 0.15) is 5.54 Å². The molecule has 1 aromatic carbocycles. The number of nitrogens with one attached hydrogen (secondary N) is 1. The predicted octanol–water partition coefficient (Wildman–Crippen LogP) is 0.972. The molecular weight excluding hydrogens is 258 g/mol. The Bertz CT molecular complexity index is 576. The van der Waals surface area contributed by atoms with Crippen molar-refractivity contribution in [2.24, 2.45) is 0 Å². The Morgan fingerprint density at radius 2 is 2.00 bits per heavy atom. The van der Waals surface area contributed by atoms with Crippen molar-refractivity contribution in [3.8, 4) is 6.07 Å². The number of nitrogens with zero attached hydrogens (tertiary/aromatic N) is 2. The van der Waals surface area contributed by atoms with E-state index >= 15 is 0 Å². The van der Waals surface area contributed by atoms with Crippen LogP contribution in [0.4, 0.5) is 4.79 Å². The van der Waals surface area contributed by atoms with E-state index in [-0.39, 0.29) is 12.5 Å². The lowest BCUT2D eigenvalue weighted by Crippen LogP contribution is -2.41. The molecule has 0 spiro atoms. The number of amides is 3. The number of hydrogen-bond acceptors (Lipinski definition) is 4. The molecule has 0 radical (unpaired) electrons. The van der Waals surface area contributed by atoms with Crippen LogP contribution in [-0.4, -0.2) is 37.1 Å². The smallest absolute Gasteiger partial charge is 0.325 e. The summed E-state index contributed by atoms with van der Waals surface area (Å²) in [4.78, 5) is 25.4. The minimum Gasteiger partial charge on any atom is -0.383 e. The lowest BCUT2D eigenvalue weighted by molar-refractivity contribution is -0.131. The molecule has 1 aromatic rings. The largest absolute Gasteiger partial charge is 0.383 e. The summed E-state index contributed by atoms with van der Waals surface area (Å²) in [5.41, 5.74) is 0.0545. The van der Waals surface area contributed by atoms with Crippen molar-refractivity contribution >= 4 is 11.9 Å². The number of carbonyl (C=O) groups excluding carboxylic acids is 2. The molecule has 1 fully saturated rings. The van der Waals surface area contributed by atoms with Crippen LogP contribution in [0.15, 0.2) is 24.3 Å². The molecule has 1 aliphatic heterocycles. The van der Waals surface area contributed by atoms with Crippen LogP contribution in [0.25, 0.3) is 0 Å². The molecule has 1 N–H and O–H groups in total. The highest BCUT2D eigenvalue weighted by Gasteiger charge is 2.48. The summed E-state index contributed by atoms with van der Waals surface area (Å²) in [5, 5.41) is 11.5. The number of carbonyl (C=O) groups is 2. The Morgan fingerprint density at radius 1 is 1.35 bits per heavy atom. The molecular formula is C14H15N3O3. The standard InChI is InChI=1S/C14H15N3O3/c1-14(11-5-3-10(9-15)4-6-11)12(18)17(7-8-20-2)13(19)16-14/h3-6H,7-8H2,1-2H3,(H,16,19). The first-order valence-electron chi connectivity index (χ1n) is 6.16. The van der Waals surface area contributed by atoms with Gasteiger partial charge in [0.2, 0.25) is 0 Å². The van der Waals surface area contributed by atoms with E-state index in [1.165, 1.54) is 7.11 Å². The van der Waals surface area contributed by atoms with Crippen LogP contribution in [0.2, 0.25) is 0 Å². The third kappa shape index (κ3) is 2.24. The van der Waals surface area contributed by atoms with Gasteiger partial charge in [-0.25, -0.2) is 4.79 Å². The molecule has 6 heteroatoms. The van der Waals surface area contributed by atoms with E-state index in [1.807, 2.05) is 6.07 Å². The number of urea groups is 1. The second-order valence-corrected chi connectivity index (χ2v) is 4.69. The summed E-state index contributed by atoms with van der Waals surface area (Å²) in [7, 11) is 1.51. The molecule has 0 aliphatic carbocycles. The fraction of sp³-hybridized carbons (Fsp3) is 0.357. The first kappa shape index (κ1) is 14.0. The van der Waals surface area contributed by atoms with Crippen molar-refractivity contribution in [3.05, 3.63) is 35.4 Å². The average Bonchev–Trinajstić information content (AvgIpc) is 2.68. The summed E-state index contributed by atoms with van der Waals surface area (Å²) in [6.45, 7) is 2.16. The van der Waals surface area contributed by atoms with Crippen molar-refractivity contribution in [2.45, 2.75) is 12.5 Å². The molecule has 1 heterocycles. The second-order valence-electron chi connectivity index (χ2n) is 4.69. The van der Waals surface area contributed by atoms with E-state index in [0.29, 0.717) is 17.7 Å². The highest BCUT2D eigenvalue weighted by molar-refractivity contribution is 6.07. The van der Waals surface area contributed by atoms with Crippen molar-refractivity contribution in [1.29, 1.82) is 5.26 Å². The fourth-order valence-corrected chi connectivity index (χ4v) is 2.16. The summed E-state index contributed by atoms with van der Waals surface area (Å²) >= 11 is 0. The maximum atomic E-state index is 12.4. The number of methoxy groups -OCH3 is 1. The zero-order chi connectivity index (χ0) is 14.8. The van der Waals surface area contributed by atoms with Crippen LogP contribution in [0.5, 0.6) is 0 Å². The molecule has 2 rings (SSSR count). The average molecular weight is 273 g/mol.